The van der Waals surface area contributed by atoms with Crippen LogP contribution in [-0.4, -0.2) is 42.7 Å². The van der Waals surface area contributed by atoms with Gasteiger partial charge in [0.25, 0.3) is 0 Å². The van der Waals surface area contributed by atoms with E-state index in [9.17, 15) is 5.11 Å². The highest BCUT2D eigenvalue weighted by Crippen LogP contribution is 2.18. The Bertz CT molecular complexity index is 340. The molecule has 1 heterocycles. The number of nitrogens with zero attached hydrogens (tertiary/aromatic N) is 1. The zero-order valence-electron chi connectivity index (χ0n) is 9.19. The fraction of sp³-hybridized carbons (Fsp3) is 0.500. The Balaban J connectivity index is 1.94. The van der Waals surface area contributed by atoms with E-state index in [4.69, 9.17) is 11.6 Å². The quantitative estimate of drug-likeness (QED) is 0.836. The van der Waals surface area contributed by atoms with Crippen LogP contribution in [-0.2, 0) is 0 Å². The van der Waals surface area contributed by atoms with E-state index in [1.807, 2.05) is 24.3 Å². The van der Waals surface area contributed by atoms with Crippen LogP contribution in [0.5, 0.6) is 0 Å². The first kappa shape index (κ1) is 11.9. The minimum absolute atomic E-state index is 0.447. The molecule has 0 aliphatic carbocycles. The van der Waals surface area contributed by atoms with Crippen molar-refractivity contribution in [2.45, 2.75) is 6.10 Å². The third kappa shape index (κ3) is 3.19. The average Bonchev–Trinajstić information content (AvgIpc) is 2.30. The van der Waals surface area contributed by atoms with Gasteiger partial charge in [0.15, 0.2) is 0 Å². The van der Waals surface area contributed by atoms with Crippen molar-refractivity contribution in [1.29, 1.82) is 0 Å². The summed E-state index contributed by atoms with van der Waals surface area (Å²) in [4.78, 5) is 2.27. The number of rotatable bonds is 3. The molecule has 16 heavy (non-hydrogen) atoms. The minimum atomic E-state index is -0.447. The molecule has 0 unspecified atom stereocenters. The SMILES string of the molecule is O[C@@H](CN1CCNCC1)c1cccc(Cl)c1. The van der Waals surface area contributed by atoms with Crippen LogP contribution in [0.4, 0.5) is 0 Å². The Labute approximate surface area is 101 Å². The third-order valence-electron chi connectivity index (χ3n) is 2.87. The topological polar surface area (TPSA) is 35.5 Å². The van der Waals surface area contributed by atoms with Crippen molar-refractivity contribution in [2.75, 3.05) is 32.7 Å². The molecule has 1 aliphatic heterocycles. The number of hydrogen-bond acceptors (Lipinski definition) is 3. The van der Waals surface area contributed by atoms with Crippen molar-refractivity contribution in [3.63, 3.8) is 0 Å². The van der Waals surface area contributed by atoms with E-state index in [0.29, 0.717) is 11.6 Å². The van der Waals surface area contributed by atoms with E-state index in [-0.39, 0.29) is 0 Å². The van der Waals surface area contributed by atoms with Crippen LogP contribution in [0.1, 0.15) is 11.7 Å². The van der Waals surface area contributed by atoms with Gasteiger partial charge in [0.1, 0.15) is 0 Å². The summed E-state index contributed by atoms with van der Waals surface area (Å²) in [6.45, 7) is 4.68. The number of aliphatic hydroxyl groups is 1. The maximum absolute atomic E-state index is 10.1. The van der Waals surface area contributed by atoms with Crippen molar-refractivity contribution in [3.05, 3.63) is 34.9 Å². The number of β-amino-alcohol motifs (C(OH)–C–C–N with tert-alkyl or cyclic N) is 1. The summed E-state index contributed by atoms with van der Waals surface area (Å²) in [5.41, 5.74) is 0.894. The number of nitrogens with one attached hydrogen (secondary N) is 1. The predicted molar refractivity (Wildman–Crippen MR) is 65.7 cm³/mol. The van der Waals surface area contributed by atoms with E-state index in [1.54, 1.807) is 0 Å². The molecule has 1 aliphatic rings. The van der Waals surface area contributed by atoms with Gasteiger partial charge in [0.2, 0.25) is 0 Å². The van der Waals surface area contributed by atoms with Gasteiger partial charge in [0.05, 0.1) is 6.10 Å². The Hall–Kier alpha value is -0.610. The van der Waals surface area contributed by atoms with Gasteiger partial charge in [-0.3, -0.25) is 4.90 Å². The van der Waals surface area contributed by atoms with Crippen LogP contribution in [0.3, 0.4) is 0 Å². The minimum Gasteiger partial charge on any atom is -0.387 e. The first-order valence-electron chi connectivity index (χ1n) is 5.62. The summed E-state index contributed by atoms with van der Waals surface area (Å²) in [6, 6.07) is 7.44. The number of piperazine rings is 1. The van der Waals surface area contributed by atoms with Gasteiger partial charge in [0, 0.05) is 37.7 Å². The van der Waals surface area contributed by atoms with Crippen molar-refractivity contribution in [3.8, 4) is 0 Å². The summed E-state index contributed by atoms with van der Waals surface area (Å²) in [7, 11) is 0. The standard InChI is InChI=1S/C12H17ClN2O/c13-11-3-1-2-10(8-11)12(16)9-15-6-4-14-5-7-15/h1-3,8,12,14,16H,4-7,9H2/t12-/m0/s1. The molecule has 1 aromatic rings. The molecular weight excluding hydrogens is 224 g/mol. The molecule has 1 saturated heterocycles. The van der Waals surface area contributed by atoms with Crippen molar-refractivity contribution in [2.24, 2.45) is 0 Å². The lowest BCUT2D eigenvalue weighted by molar-refractivity contribution is 0.105. The van der Waals surface area contributed by atoms with Crippen LogP contribution < -0.4 is 5.32 Å². The van der Waals surface area contributed by atoms with Gasteiger partial charge >= 0.3 is 0 Å². The van der Waals surface area contributed by atoms with E-state index >= 15 is 0 Å². The van der Waals surface area contributed by atoms with E-state index in [1.165, 1.54) is 0 Å². The number of benzene rings is 1. The molecule has 2 rings (SSSR count). The summed E-state index contributed by atoms with van der Waals surface area (Å²) in [5, 5.41) is 14.0. The second-order valence-corrected chi connectivity index (χ2v) is 4.56. The number of aliphatic hydroxyl groups excluding tert-OH is 1. The highest BCUT2D eigenvalue weighted by molar-refractivity contribution is 6.30. The summed E-state index contributed by atoms with van der Waals surface area (Å²) in [5.74, 6) is 0. The molecule has 0 bridgehead atoms. The van der Waals surface area contributed by atoms with Crippen LogP contribution >= 0.6 is 11.6 Å². The Morgan fingerprint density at radius 1 is 1.38 bits per heavy atom. The van der Waals surface area contributed by atoms with Crippen molar-refractivity contribution < 1.29 is 5.11 Å². The maximum Gasteiger partial charge on any atom is 0.0917 e. The van der Waals surface area contributed by atoms with Crippen LogP contribution in [0.15, 0.2) is 24.3 Å². The zero-order chi connectivity index (χ0) is 11.4. The monoisotopic (exact) mass is 240 g/mol. The van der Waals surface area contributed by atoms with Gasteiger partial charge in [-0.1, -0.05) is 23.7 Å². The fourth-order valence-corrected chi connectivity index (χ4v) is 2.16. The first-order chi connectivity index (χ1) is 7.75. The second kappa shape index (κ2) is 5.64. The largest absolute Gasteiger partial charge is 0.387 e. The lowest BCUT2D eigenvalue weighted by Crippen LogP contribution is -2.44. The van der Waals surface area contributed by atoms with Gasteiger partial charge < -0.3 is 10.4 Å². The average molecular weight is 241 g/mol. The number of hydrogen-bond donors (Lipinski definition) is 2. The fourth-order valence-electron chi connectivity index (χ4n) is 1.96. The van der Waals surface area contributed by atoms with Gasteiger partial charge in [-0.15, -0.1) is 0 Å². The van der Waals surface area contributed by atoms with Crippen LogP contribution in [0, 0.1) is 0 Å². The molecule has 0 saturated carbocycles. The Kier molecular flexibility index (Phi) is 4.18. The second-order valence-electron chi connectivity index (χ2n) is 4.12. The molecule has 4 heteroatoms. The smallest absolute Gasteiger partial charge is 0.0917 e. The molecule has 88 valence electrons. The third-order valence-corrected chi connectivity index (χ3v) is 3.11. The Morgan fingerprint density at radius 3 is 2.81 bits per heavy atom. The maximum atomic E-state index is 10.1. The van der Waals surface area contributed by atoms with E-state index in [2.05, 4.69) is 10.2 Å². The summed E-state index contributed by atoms with van der Waals surface area (Å²) in [6.07, 6.45) is -0.447. The molecule has 0 radical (unpaired) electrons. The van der Waals surface area contributed by atoms with Crippen LogP contribution in [0.25, 0.3) is 0 Å². The lowest BCUT2D eigenvalue weighted by Gasteiger charge is -2.29. The van der Waals surface area contributed by atoms with E-state index < -0.39 is 6.10 Å². The molecule has 3 nitrogen and oxygen atoms in total. The molecule has 1 aromatic carbocycles. The molecule has 0 aromatic heterocycles. The van der Waals surface area contributed by atoms with E-state index in [0.717, 1.165) is 31.7 Å². The van der Waals surface area contributed by atoms with Gasteiger partial charge in [-0.2, -0.15) is 0 Å². The summed E-state index contributed by atoms with van der Waals surface area (Å²) < 4.78 is 0. The van der Waals surface area contributed by atoms with Crippen molar-refractivity contribution >= 4 is 11.6 Å². The first-order valence-corrected chi connectivity index (χ1v) is 6.00. The molecule has 2 N–H and O–H groups in total. The molecule has 1 fully saturated rings. The van der Waals surface area contributed by atoms with Crippen LogP contribution in [0.2, 0.25) is 5.02 Å². The highest BCUT2D eigenvalue weighted by Gasteiger charge is 2.15. The highest BCUT2D eigenvalue weighted by atomic mass is 35.5. The molecule has 1 atom stereocenters. The zero-order valence-corrected chi connectivity index (χ0v) is 9.95. The molecule has 0 amide bonds. The summed E-state index contributed by atoms with van der Waals surface area (Å²) >= 11 is 5.90. The Morgan fingerprint density at radius 2 is 2.12 bits per heavy atom. The normalized spacial score (nSPS) is 19.6. The lowest BCUT2D eigenvalue weighted by atomic mass is 10.1. The van der Waals surface area contributed by atoms with Gasteiger partial charge in [-0.25, -0.2) is 0 Å². The molecule has 0 spiro atoms. The number of halogens is 1. The van der Waals surface area contributed by atoms with Gasteiger partial charge in [-0.05, 0) is 17.7 Å². The molecular formula is C12H17ClN2O. The predicted octanol–water partition coefficient (Wildman–Crippen LogP) is 1.28. The van der Waals surface area contributed by atoms with Crippen molar-refractivity contribution in [1.82, 2.24) is 10.2 Å².